The van der Waals surface area contributed by atoms with Crippen LogP contribution in [-0.2, 0) is 4.79 Å². The third-order valence-corrected chi connectivity index (χ3v) is 4.67. The van der Waals surface area contributed by atoms with Crippen molar-refractivity contribution < 1.29 is 9.18 Å². The number of nitrogens with one attached hydrogen (secondary N) is 1. The molecule has 116 valence electrons. The highest BCUT2D eigenvalue weighted by atomic mass is 32.2. The van der Waals surface area contributed by atoms with Crippen molar-refractivity contribution in [3.63, 3.8) is 0 Å². The molecule has 0 saturated carbocycles. The molecule has 1 aliphatic heterocycles. The molecule has 1 aromatic rings. The fraction of sp³-hybridized carbons (Fsp3) is 0.562. The van der Waals surface area contributed by atoms with Crippen molar-refractivity contribution in [2.45, 2.75) is 30.6 Å². The summed E-state index contributed by atoms with van der Waals surface area (Å²) in [4.78, 5) is 14.7. The van der Waals surface area contributed by atoms with Gasteiger partial charge < -0.3 is 10.2 Å². The number of hydrogen-bond acceptors (Lipinski definition) is 3. The smallest absolute Gasteiger partial charge is 0.230 e. The molecule has 3 nitrogen and oxygen atoms in total. The summed E-state index contributed by atoms with van der Waals surface area (Å²) in [5, 5.41) is 2.90. The molecular weight excluding hydrogens is 287 g/mol. The van der Waals surface area contributed by atoms with E-state index >= 15 is 0 Å². The molecule has 0 radical (unpaired) electrons. The van der Waals surface area contributed by atoms with Gasteiger partial charge in [-0.05, 0) is 51.0 Å². The lowest BCUT2D eigenvalue weighted by Crippen LogP contribution is -2.33. The maximum absolute atomic E-state index is 13.4. The molecule has 0 aromatic heterocycles. The lowest BCUT2D eigenvalue weighted by molar-refractivity contribution is -0.118. The quantitative estimate of drug-likeness (QED) is 0.621. The molecule has 2 rings (SSSR count). The predicted octanol–water partition coefficient (Wildman–Crippen LogP) is 2.91. The normalized spacial score (nSPS) is 15.9. The number of nitrogens with zero attached hydrogens (tertiary/aromatic N) is 1. The van der Waals surface area contributed by atoms with Crippen LogP contribution < -0.4 is 5.32 Å². The van der Waals surface area contributed by atoms with Gasteiger partial charge in [0.2, 0.25) is 5.91 Å². The minimum Gasteiger partial charge on any atom is -0.355 e. The van der Waals surface area contributed by atoms with Crippen molar-refractivity contribution in [3.8, 4) is 0 Å². The van der Waals surface area contributed by atoms with Crippen LogP contribution in [0.5, 0.6) is 0 Å². The number of halogens is 1. The van der Waals surface area contributed by atoms with Gasteiger partial charge >= 0.3 is 0 Å². The van der Waals surface area contributed by atoms with Gasteiger partial charge in [-0.3, -0.25) is 4.79 Å². The topological polar surface area (TPSA) is 32.3 Å². The zero-order valence-corrected chi connectivity index (χ0v) is 13.1. The zero-order chi connectivity index (χ0) is 14.9. The maximum Gasteiger partial charge on any atom is 0.230 e. The van der Waals surface area contributed by atoms with Crippen LogP contribution in [0, 0.1) is 5.82 Å². The minimum atomic E-state index is -0.264. The molecule has 1 aliphatic rings. The summed E-state index contributed by atoms with van der Waals surface area (Å²) in [6.07, 6.45) is 4.92. The Kier molecular flexibility index (Phi) is 7.03. The van der Waals surface area contributed by atoms with Crippen LogP contribution in [-0.4, -0.2) is 42.7 Å². The van der Waals surface area contributed by atoms with Gasteiger partial charge in [0, 0.05) is 11.4 Å². The van der Waals surface area contributed by atoms with Crippen LogP contribution in [0.15, 0.2) is 29.2 Å². The van der Waals surface area contributed by atoms with Crippen LogP contribution >= 0.6 is 11.8 Å². The van der Waals surface area contributed by atoms with Crippen LogP contribution in [0.25, 0.3) is 0 Å². The lowest BCUT2D eigenvalue weighted by Gasteiger charge is -2.26. The molecule has 1 heterocycles. The highest BCUT2D eigenvalue weighted by Crippen LogP contribution is 2.20. The molecule has 0 aliphatic carbocycles. The Balaban J connectivity index is 1.56. The summed E-state index contributed by atoms with van der Waals surface area (Å²) >= 11 is 1.24. The zero-order valence-electron chi connectivity index (χ0n) is 12.3. The summed E-state index contributed by atoms with van der Waals surface area (Å²) in [6.45, 7) is 4.14. The Bertz CT molecular complexity index is 450. The summed E-state index contributed by atoms with van der Waals surface area (Å²) in [5.41, 5.74) is 0. The van der Waals surface area contributed by atoms with Crippen molar-refractivity contribution >= 4 is 17.7 Å². The molecule has 21 heavy (non-hydrogen) atoms. The highest BCUT2D eigenvalue weighted by molar-refractivity contribution is 8.00. The molecule has 0 bridgehead atoms. The van der Waals surface area contributed by atoms with Crippen molar-refractivity contribution in [3.05, 3.63) is 30.1 Å². The van der Waals surface area contributed by atoms with Gasteiger partial charge in [0.15, 0.2) is 0 Å². The molecule has 0 spiro atoms. The van der Waals surface area contributed by atoms with E-state index in [2.05, 4.69) is 10.2 Å². The fourth-order valence-corrected chi connectivity index (χ4v) is 3.24. The van der Waals surface area contributed by atoms with Crippen molar-refractivity contribution in [2.75, 3.05) is 31.9 Å². The number of likely N-dealkylation sites (tertiary alicyclic amines) is 1. The highest BCUT2D eigenvalue weighted by Gasteiger charge is 2.09. The van der Waals surface area contributed by atoms with E-state index < -0.39 is 0 Å². The van der Waals surface area contributed by atoms with Gasteiger partial charge in [0.1, 0.15) is 5.82 Å². The van der Waals surface area contributed by atoms with E-state index in [0.29, 0.717) is 11.4 Å². The summed E-state index contributed by atoms with van der Waals surface area (Å²) in [7, 11) is 0. The average Bonchev–Trinajstić information content (AvgIpc) is 2.52. The van der Waals surface area contributed by atoms with Crippen molar-refractivity contribution in [2.24, 2.45) is 0 Å². The molecule has 0 atom stereocenters. The first-order chi connectivity index (χ1) is 10.3. The standard InChI is InChI=1S/C16H23FN2OS/c17-14-7-2-3-8-15(14)21-13-16(20)18-9-6-12-19-10-4-1-5-11-19/h2-3,7-8H,1,4-6,9-13H2,(H,18,20). The van der Waals surface area contributed by atoms with Gasteiger partial charge in [0.05, 0.1) is 5.75 Å². The van der Waals surface area contributed by atoms with Crippen LogP contribution in [0.3, 0.4) is 0 Å². The molecule has 5 heteroatoms. The summed E-state index contributed by atoms with van der Waals surface area (Å²) < 4.78 is 13.4. The SMILES string of the molecule is O=C(CSc1ccccc1F)NCCCN1CCCCC1. The number of rotatable bonds is 7. The monoisotopic (exact) mass is 310 g/mol. The Morgan fingerprint density at radius 1 is 1.24 bits per heavy atom. The first-order valence-electron chi connectivity index (χ1n) is 7.62. The largest absolute Gasteiger partial charge is 0.355 e. The average molecular weight is 310 g/mol. The Morgan fingerprint density at radius 2 is 2.00 bits per heavy atom. The van der Waals surface area contributed by atoms with E-state index in [9.17, 15) is 9.18 Å². The Morgan fingerprint density at radius 3 is 2.76 bits per heavy atom. The fourth-order valence-electron chi connectivity index (χ4n) is 2.47. The van der Waals surface area contributed by atoms with E-state index in [1.54, 1.807) is 18.2 Å². The van der Waals surface area contributed by atoms with Crippen molar-refractivity contribution in [1.29, 1.82) is 0 Å². The molecule has 1 fully saturated rings. The summed E-state index contributed by atoms with van der Waals surface area (Å²) in [6, 6.07) is 6.55. The molecule has 1 N–H and O–H groups in total. The number of piperidine rings is 1. The molecule has 1 amide bonds. The number of carbonyl (C=O) groups excluding carboxylic acids is 1. The van der Waals surface area contributed by atoms with E-state index in [4.69, 9.17) is 0 Å². The lowest BCUT2D eigenvalue weighted by atomic mass is 10.1. The number of carbonyl (C=O) groups is 1. The summed E-state index contributed by atoms with van der Waals surface area (Å²) in [5.74, 6) is -0.0210. The number of benzene rings is 1. The van der Waals surface area contributed by atoms with Gasteiger partial charge in [-0.25, -0.2) is 4.39 Å². The van der Waals surface area contributed by atoms with Crippen LogP contribution in [0.1, 0.15) is 25.7 Å². The van der Waals surface area contributed by atoms with Crippen LogP contribution in [0.2, 0.25) is 0 Å². The predicted molar refractivity (Wildman–Crippen MR) is 85.0 cm³/mol. The van der Waals surface area contributed by atoms with Gasteiger partial charge in [-0.2, -0.15) is 0 Å². The van der Waals surface area contributed by atoms with E-state index in [-0.39, 0.29) is 17.5 Å². The third-order valence-electron chi connectivity index (χ3n) is 3.62. The van der Waals surface area contributed by atoms with Gasteiger partial charge in [0.25, 0.3) is 0 Å². The van der Waals surface area contributed by atoms with Gasteiger partial charge in [-0.1, -0.05) is 18.6 Å². The second-order valence-corrected chi connectivity index (χ2v) is 6.34. The van der Waals surface area contributed by atoms with E-state index in [1.807, 2.05) is 0 Å². The molecule has 0 unspecified atom stereocenters. The molecular formula is C16H23FN2OS. The number of hydrogen-bond donors (Lipinski definition) is 1. The molecule has 1 aromatic carbocycles. The van der Waals surface area contributed by atoms with E-state index in [0.717, 1.165) is 13.0 Å². The first kappa shape index (κ1) is 16.3. The number of thioether (sulfide) groups is 1. The van der Waals surface area contributed by atoms with Crippen molar-refractivity contribution in [1.82, 2.24) is 10.2 Å². The van der Waals surface area contributed by atoms with Gasteiger partial charge in [-0.15, -0.1) is 11.8 Å². The number of amides is 1. The first-order valence-corrected chi connectivity index (χ1v) is 8.60. The minimum absolute atomic E-state index is 0.0260. The Hall–Kier alpha value is -1.07. The maximum atomic E-state index is 13.4. The van der Waals surface area contributed by atoms with E-state index in [1.165, 1.54) is 50.2 Å². The second kappa shape index (κ2) is 9.05. The molecule has 1 saturated heterocycles. The Labute approximate surface area is 130 Å². The van der Waals surface area contributed by atoms with Crippen LogP contribution in [0.4, 0.5) is 4.39 Å². The second-order valence-electron chi connectivity index (χ2n) is 5.32. The third kappa shape index (κ3) is 6.06.